The van der Waals surface area contributed by atoms with Crippen molar-refractivity contribution in [1.82, 2.24) is 4.90 Å². The molecule has 1 aliphatic heterocycles. The lowest BCUT2D eigenvalue weighted by molar-refractivity contribution is -0.148. The van der Waals surface area contributed by atoms with Crippen LogP contribution in [-0.4, -0.2) is 46.0 Å². The monoisotopic (exact) mass is 333 g/mol. The highest BCUT2D eigenvalue weighted by Gasteiger charge is 2.32. The first-order valence-corrected chi connectivity index (χ1v) is 7.94. The maximum Gasteiger partial charge on any atom is 0.327 e. The molecule has 0 saturated carbocycles. The summed E-state index contributed by atoms with van der Waals surface area (Å²) in [6.07, 6.45) is 0.0208. The van der Waals surface area contributed by atoms with Crippen LogP contribution in [0.3, 0.4) is 0 Å². The zero-order chi connectivity index (χ0) is 14.7. The second-order valence-electron chi connectivity index (χ2n) is 4.39. The lowest BCUT2D eigenvalue weighted by Gasteiger charge is -2.32. The van der Waals surface area contributed by atoms with Gasteiger partial charge in [0.25, 0.3) is 0 Å². The first-order valence-electron chi connectivity index (χ1n) is 6.03. The van der Waals surface area contributed by atoms with Crippen molar-refractivity contribution in [2.45, 2.75) is 12.5 Å². The number of aliphatic carboxylic acids is 1. The predicted molar refractivity (Wildman–Crippen MR) is 80.6 cm³/mol. The molecule has 4 nitrogen and oxygen atoms in total. The Kier molecular flexibility index (Phi) is 5.18. The lowest BCUT2D eigenvalue weighted by Crippen LogP contribution is -2.50. The maximum atomic E-state index is 12.3. The summed E-state index contributed by atoms with van der Waals surface area (Å²) in [5.74, 6) is -0.0770. The average Bonchev–Trinajstić information content (AvgIpc) is 2.43. The number of carboxylic acids is 1. The van der Waals surface area contributed by atoms with Crippen molar-refractivity contribution < 1.29 is 14.7 Å². The minimum absolute atomic E-state index is 0.0208. The van der Waals surface area contributed by atoms with E-state index in [-0.39, 0.29) is 12.3 Å². The Morgan fingerprint density at radius 2 is 2.00 bits per heavy atom. The van der Waals surface area contributed by atoms with E-state index in [1.165, 1.54) is 16.7 Å². The Balaban J connectivity index is 2.16. The summed E-state index contributed by atoms with van der Waals surface area (Å²) in [7, 11) is 0. The Morgan fingerprint density at radius 3 is 2.60 bits per heavy atom. The van der Waals surface area contributed by atoms with E-state index in [2.05, 4.69) is 0 Å². The fourth-order valence-electron chi connectivity index (χ4n) is 2.06. The van der Waals surface area contributed by atoms with Crippen molar-refractivity contribution in [2.75, 3.05) is 18.1 Å². The Bertz CT molecular complexity index is 518. The van der Waals surface area contributed by atoms with Crippen molar-refractivity contribution >= 4 is 46.8 Å². The first kappa shape index (κ1) is 15.5. The molecule has 0 aliphatic carbocycles. The van der Waals surface area contributed by atoms with Gasteiger partial charge < -0.3 is 10.0 Å². The smallest absolute Gasteiger partial charge is 0.327 e. The van der Waals surface area contributed by atoms with Crippen LogP contribution in [0, 0.1) is 0 Å². The fourth-order valence-corrected chi connectivity index (χ4v) is 3.63. The van der Waals surface area contributed by atoms with E-state index in [0.717, 1.165) is 5.75 Å². The number of carbonyl (C=O) groups is 2. The molecule has 0 spiro atoms. The van der Waals surface area contributed by atoms with E-state index in [1.807, 2.05) is 0 Å². The van der Waals surface area contributed by atoms with E-state index >= 15 is 0 Å². The highest BCUT2D eigenvalue weighted by Crippen LogP contribution is 2.26. The number of benzene rings is 1. The van der Waals surface area contributed by atoms with E-state index in [0.29, 0.717) is 27.9 Å². The molecule has 1 amide bonds. The molecule has 1 fully saturated rings. The number of halogens is 2. The summed E-state index contributed by atoms with van der Waals surface area (Å²) in [5.41, 5.74) is 0.545. The molecule has 1 aromatic rings. The molecule has 1 aromatic carbocycles. The molecule has 0 radical (unpaired) electrons. The van der Waals surface area contributed by atoms with Gasteiger partial charge in [-0.25, -0.2) is 4.79 Å². The van der Waals surface area contributed by atoms with Gasteiger partial charge in [0, 0.05) is 28.1 Å². The van der Waals surface area contributed by atoms with Gasteiger partial charge in [-0.15, -0.1) is 0 Å². The number of hydrogen-bond acceptors (Lipinski definition) is 3. The third-order valence-corrected chi connectivity index (χ3v) is 4.85. The number of nitrogens with zero attached hydrogens (tertiary/aromatic N) is 1. The van der Waals surface area contributed by atoms with Crippen molar-refractivity contribution in [3.8, 4) is 0 Å². The van der Waals surface area contributed by atoms with Gasteiger partial charge in [0.2, 0.25) is 5.91 Å². The largest absolute Gasteiger partial charge is 0.480 e. The molecule has 1 N–H and O–H groups in total. The van der Waals surface area contributed by atoms with Crippen LogP contribution >= 0.6 is 35.0 Å². The van der Waals surface area contributed by atoms with E-state index in [4.69, 9.17) is 23.2 Å². The summed E-state index contributed by atoms with van der Waals surface area (Å²) in [4.78, 5) is 24.9. The van der Waals surface area contributed by atoms with Crippen molar-refractivity contribution in [1.29, 1.82) is 0 Å². The van der Waals surface area contributed by atoms with Gasteiger partial charge in [0.1, 0.15) is 6.04 Å². The van der Waals surface area contributed by atoms with Crippen LogP contribution in [0.2, 0.25) is 10.0 Å². The summed E-state index contributed by atoms with van der Waals surface area (Å²) < 4.78 is 0. The van der Waals surface area contributed by atoms with Gasteiger partial charge in [-0.3, -0.25) is 4.79 Å². The second-order valence-corrected chi connectivity index (χ2v) is 6.36. The number of thioether (sulfide) groups is 1. The molecule has 2 rings (SSSR count). The van der Waals surface area contributed by atoms with Crippen LogP contribution in [0.5, 0.6) is 0 Å². The quantitative estimate of drug-likeness (QED) is 0.923. The molecule has 20 heavy (non-hydrogen) atoms. The Labute approximate surface area is 131 Å². The van der Waals surface area contributed by atoms with Crippen LogP contribution in [0.1, 0.15) is 5.56 Å². The summed E-state index contributed by atoms with van der Waals surface area (Å²) >= 11 is 13.6. The maximum absolute atomic E-state index is 12.3. The minimum atomic E-state index is -0.976. The van der Waals surface area contributed by atoms with Gasteiger partial charge in [0.05, 0.1) is 6.42 Å². The molecule has 0 aromatic heterocycles. The highest BCUT2D eigenvalue weighted by molar-refractivity contribution is 7.99. The molecule has 1 atom stereocenters. The summed E-state index contributed by atoms with van der Waals surface area (Å²) in [6.45, 7) is 0.433. The van der Waals surface area contributed by atoms with Crippen molar-refractivity contribution in [3.05, 3.63) is 33.8 Å². The standard InChI is InChI=1S/C13H13Cl2NO3S/c14-9-2-1-3-10(15)8(9)6-12(17)16-4-5-20-7-11(16)13(18)19/h1-3,11H,4-7H2,(H,18,19). The lowest BCUT2D eigenvalue weighted by atomic mass is 10.1. The van der Waals surface area contributed by atoms with Gasteiger partial charge in [-0.1, -0.05) is 29.3 Å². The van der Waals surface area contributed by atoms with Crippen molar-refractivity contribution in [3.63, 3.8) is 0 Å². The molecule has 0 bridgehead atoms. The van der Waals surface area contributed by atoms with Gasteiger partial charge in [-0.2, -0.15) is 11.8 Å². The number of hydrogen-bond donors (Lipinski definition) is 1. The van der Waals surface area contributed by atoms with E-state index < -0.39 is 12.0 Å². The molecular formula is C13H13Cl2NO3S. The summed E-state index contributed by atoms with van der Waals surface area (Å²) in [6, 6.07) is 4.26. The zero-order valence-electron chi connectivity index (χ0n) is 10.5. The van der Waals surface area contributed by atoms with E-state index in [1.54, 1.807) is 18.2 Å². The van der Waals surface area contributed by atoms with Gasteiger partial charge >= 0.3 is 5.97 Å². The van der Waals surface area contributed by atoms with Crippen LogP contribution in [-0.2, 0) is 16.0 Å². The van der Waals surface area contributed by atoms with Gasteiger partial charge in [-0.05, 0) is 17.7 Å². The minimum Gasteiger partial charge on any atom is -0.480 e. The van der Waals surface area contributed by atoms with Crippen LogP contribution < -0.4 is 0 Å². The molecule has 1 aliphatic rings. The number of rotatable bonds is 3. The Hall–Kier alpha value is -0.910. The summed E-state index contributed by atoms with van der Waals surface area (Å²) in [5, 5.41) is 10.0. The zero-order valence-corrected chi connectivity index (χ0v) is 12.8. The number of amides is 1. The fraction of sp³-hybridized carbons (Fsp3) is 0.385. The highest BCUT2D eigenvalue weighted by atomic mass is 35.5. The third kappa shape index (κ3) is 3.40. The van der Waals surface area contributed by atoms with Crippen LogP contribution in [0.4, 0.5) is 0 Å². The molecule has 1 heterocycles. The molecule has 108 valence electrons. The van der Waals surface area contributed by atoms with Crippen molar-refractivity contribution in [2.24, 2.45) is 0 Å². The van der Waals surface area contributed by atoms with Gasteiger partial charge in [0.15, 0.2) is 0 Å². The molecule has 7 heteroatoms. The number of carboxylic acid groups (broad SMARTS) is 1. The first-order chi connectivity index (χ1) is 9.50. The third-order valence-electron chi connectivity index (χ3n) is 3.12. The topological polar surface area (TPSA) is 57.6 Å². The normalized spacial score (nSPS) is 18.9. The molecule has 1 saturated heterocycles. The predicted octanol–water partition coefficient (Wildman–Crippen LogP) is 2.56. The molecule has 1 unspecified atom stereocenters. The van der Waals surface area contributed by atoms with E-state index in [9.17, 15) is 14.7 Å². The molecular weight excluding hydrogens is 321 g/mol. The number of carbonyl (C=O) groups excluding carboxylic acids is 1. The second kappa shape index (κ2) is 6.70. The average molecular weight is 334 g/mol. The Morgan fingerprint density at radius 1 is 1.35 bits per heavy atom. The SMILES string of the molecule is O=C(O)C1CSCCN1C(=O)Cc1c(Cl)cccc1Cl. The van der Waals surface area contributed by atoms with Crippen LogP contribution in [0.25, 0.3) is 0 Å². The van der Waals surface area contributed by atoms with Crippen LogP contribution in [0.15, 0.2) is 18.2 Å².